The Morgan fingerprint density at radius 3 is 2.41 bits per heavy atom. The fraction of sp³-hybridized carbons (Fsp3) is 0.316. The van der Waals surface area contributed by atoms with Crippen molar-refractivity contribution >= 4 is 5.91 Å². The van der Waals surface area contributed by atoms with Crippen LogP contribution < -0.4 is 10.1 Å². The molecule has 1 aliphatic carbocycles. The van der Waals surface area contributed by atoms with Gasteiger partial charge in [0.1, 0.15) is 5.75 Å². The number of methoxy groups -OCH3 is 1. The van der Waals surface area contributed by atoms with E-state index >= 15 is 0 Å². The van der Waals surface area contributed by atoms with Crippen LogP contribution in [-0.4, -0.2) is 13.0 Å². The number of carbonyl (C=O) groups excluding carboxylic acids is 1. The van der Waals surface area contributed by atoms with Crippen LogP contribution in [0.3, 0.4) is 0 Å². The maximum absolute atomic E-state index is 12.7. The van der Waals surface area contributed by atoms with Gasteiger partial charge in [0.15, 0.2) is 0 Å². The minimum Gasteiger partial charge on any atom is -0.496 e. The molecule has 3 nitrogen and oxygen atoms in total. The van der Waals surface area contributed by atoms with Gasteiger partial charge in [-0.2, -0.15) is 0 Å². The van der Waals surface area contributed by atoms with E-state index in [1.54, 1.807) is 13.2 Å². The van der Waals surface area contributed by atoms with Crippen LogP contribution in [0.15, 0.2) is 54.6 Å². The molecule has 0 saturated heterocycles. The predicted molar refractivity (Wildman–Crippen MR) is 86.9 cm³/mol. The molecule has 2 aromatic rings. The minimum absolute atomic E-state index is 0.0635. The average molecular weight is 295 g/mol. The molecule has 3 heteroatoms. The molecule has 2 aromatic carbocycles. The highest BCUT2D eigenvalue weighted by molar-refractivity contribution is 5.97. The van der Waals surface area contributed by atoms with E-state index in [0.717, 1.165) is 6.42 Å². The Hall–Kier alpha value is -2.29. The molecule has 3 atom stereocenters. The van der Waals surface area contributed by atoms with E-state index in [2.05, 4.69) is 24.4 Å². The van der Waals surface area contributed by atoms with Crippen molar-refractivity contribution in [3.8, 4) is 5.75 Å². The summed E-state index contributed by atoms with van der Waals surface area (Å²) in [5, 5.41) is 3.20. The Labute approximate surface area is 131 Å². The lowest BCUT2D eigenvalue weighted by Gasteiger charge is -2.20. The third kappa shape index (κ3) is 2.98. The normalized spacial score (nSPS) is 21.0. The Bertz CT molecular complexity index is 653. The number of rotatable bonds is 5. The van der Waals surface area contributed by atoms with E-state index in [1.165, 1.54) is 5.56 Å². The second-order valence-electron chi connectivity index (χ2n) is 5.94. The fourth-order valence-corrected chi connectivity index (χ4v) is 2.96. The fourth-order valence-electron chi connectivity index (χ4n) is 2.96. The first kappa shape index (κ1) is 14.6. The van der Waals surface area contributed by atoms with Gasteiger partial charge in [-0.05, 0) is 36.0 Å². The van der Waals surface area contributed by atoms with Crippen molar-refractivity contribution in [2.75, 3.05) is 7.11 Å². The highest BCUT2D eigenvalue weighted by atomic mass is 16.5. The molecule has 0 radical (unpaired) electrons. The van der Waals surface area contributed by atoms with Crippen LogP contribution >= 0.6 is 0 Å². The molecule has 22 heavy (non-hydrogen) atoms. The van der Waals surface area contributed by atoms with Crippen molar-refractivity contribution in [1.82, 2.24) is 5.32 Å². The van der Waals surface area contributed by atoms with Crippen LogP contribution in [0.2, 0.25) is 0 Å². The molecule has 3 rings (SSSR count). The summed E-state index contributed by atoms with van der Waals surface area (Å²) in [6, 6.07) is 17.6. The van der Waals surface area contributed by atoms with Gasteiger partial charge in [0.05, 0.1) is 18.7 Å². The van der Waals surface area contributed by atoms with Crippen molar-refractivity contribution in [1.29, 1.82) is 0 Å². The van der Waals surface area contributed by atoms with Crippen LogP contribution in [0.5, 0.6) is 5.75 Å². The van der Waals surface area contributed by atoms with E-state index in [0.29, 0.717) is 23.1 Å². The summed E-state index contributed by atoms with van der Waals surface area (Å²) in [6.45, 7) is 2.23. The van der Waals surface area contributed by atoms with E-state index < -0.39 is 0 Å². The van der Waals surface area contributed by atoms with Gasteiger partial charge >= 0.3 is 0 Å². The summed E-state index contributed by atoms with van der Waals surface area (Å²) >= 11 is 0. The second kappa shape index (κ2) is 6.22. The smallest absolute Gasteiger partial charge is 0.255 e. The van der Waals surface area contributed by atoms with Crippen LogP contribution in [0.1, 0.15) is 35.3 Å². The highest BCUT2D eigenvalue weighted by Gasteiger charge is 2.41. The zero-order chi connectivity index (χ0) is 15.5. The summed E-state index contributed by atoms with van der Waals surface area (Å²) in [5.74, 6) is 1.70. The Morgan fingerprint density at radius 1 is 1.14 bits per heavy atom. The monoisotopic (exact) mass is 295 g/mol. The van der Waals surface area contributed by atoms with E-state index in [9.17, 15) is 4.79 Å². The molecule has 0 heterocycles. The van der Waals surface area contributed by atoms with Gasteiger partial charge in [-0.3, -0.25) is 4.79 Å². The number of carbonyl (C=O) groups is 1. The molecule has 1 saturated carbocycles. The van der Waals surface area contributed by atoms with Gasteiger partial charge < -0.3 is 10.1 Å². The summed E-state index contributed by atoms with van der Waals surface area (Å²) < 4.78 is 5.29. The van der Waals surface area contributed by atoms with Crippen molar-refractivity contribution in [2.45, 2.75) is 19.4 Å². The Kier molecular flexibility index (Phi) is 4.14. The Balaban J connectivity index is 1.83. The summed E-state index contributed by atoms with van der Waals surface area (Å²) in [7, 11) is 1.59. The summed E-state index contributed by atoms with van der Waals surface area (Å²) in [6.07, 6.45) is 1.16. The van der Waals surface area contributed by atoms with Crippen molar-refractivity contribution in [3.63, 3.8) is 0 Å². The number of benzene rings is 2. The topological polar surface area (TPSA) is 38.3 Å². The quantitative estimate of drug-likeness (QED) is 0.910. The molecule has 0 bridgehead atoms. The lowest BCUT2D eigenvalue weighted by molar-refractivity contribution is 0.0927. The molecule has 3 unspecified atom stereocenters. The molecule has 1 fully saturated rings. The Morgan fingerprint density at radius 2 is 1.77 bits per heavy atom. The zero-order valence-electron chi connectivity index (χ0n) is 13.0. The number of hydrogen-bond donors (Lipinski definition) is 1. The van der Waals surface area contributed by atoms with Crippen molar-refractivity contribution in [2.24, 2.45) is 11.8 Å². The zero-order valence-corrected chi connectivity index (χ0v) is 13.0. The molecular weight excluding hydrogens is 274 g/mol. The van der Waals surface area contributed by atoms with Crippen molar-refractivity contribution < 1.29 is 9.53 Å². The molecular formula is C19H21NO2. The van der Waals surface area contributed by atoms with Crippen LogP contribution in [-0.2, 0) is 0 Å². The van der Waals surface area contributed by atoms with E-state index in [4.69, 9.17) is 4.74 Å². The maximum Gasteiger partial charge on any atom is 0.255 e. The van der Waals surface area contributed by atoms with Gasteiger partial charge in [-0.25, -0.2) is 0 Å². The van der Waals surface area contributed by atoms with Crippen LogP contribution in [0.4, 0.5) is 0 Å². The van der Waals surface area contributed by atoms with Crippen LogP contribution in [0, 0.1) is 11.8 Å². The first-order chi connectivity index (χ1) is 10.7. The molecule has 114 valence electrons. The van der Waals surface area contributed by atoms with Gasteiger partial charge in [-0.15, -0.1) is 0 Å². The maximum atomic E-state index is 12.7. The van der Waals surface area contributed by atoms with Crippen molar-refractivity contribution in [3.05, 3.63) is 65.7 Å². The molecule has 0 aromatic heterocycles. The molecule has 0 aliphatic heterocycles. The lowest BCUT2D eigenvalue weighted by Crippen LogP contribution is -2.30. The highest BCUT2D eigenvalue weighted by Crippen LogP contribution is 2.47. The number of para-hydroxylation sites is 1. The SMILES string of the molecule is COc1ccccc1C(=O)NC(c1ccccc1)C1CC1C. The second-order valence-corrected chi connectivity index (χ2v) is 5.94. The number of hydrogen-bond acceptors (Lipinski definition) is 2. The van der Waals surface area contributed by atoms with E-state index in [1.807, 2.05) is 36.4 Å². The number of amides is 1. The third-order valence-corrected chi connectivity index (χ3v) is 4.40. The first-order valence-corrected chi connectivity index (χ1v) is 7.69. The lowest BCUT2D eigenvalue weighted by atomic mass is 10.0. The minimum atomic E-state index is -0.0783. The molecule has 1 aliphatic rings. The third-order valence-electron chi connectivity index (χ3n) is 4.40. The predicted octanol–water partition coefficient (Wildman–Crippen LogP) is 3.82. The van der Waals surface area contributed by atoms with Crippen LogP contribution in [0.25, 0.3) is 0 Å². The number of nitrogens with one attached hydrogen (secondary N) is 1. The van der Waals surface area contributed by atoms with Gasteiger partial charge in [0, 0.05) is 0 Å². The van der Waals surface area contributed by atoms with E-state index in [-0.39, 0.29) is 11.9 Å². The first-order valence-electron chi connectivity index (χ1n) is 7.69. The summed E-state index contributed by atoms with van der Waals surface area (Å²) in [4.78, 5) is 12.7. The molecule has 1 N–H and O–H groups in total. The average Bonchev–Trinajstić information content (AvgIpc) is 3.29. The summed E-state index contributed by atoms with van der Waals surface area (Å²) in [5.41, 5.74) is 1.75. The van der Waals surface area contributed by atoms with Gasteiger partial charge in [0.25, 0.3) is 5.91 Å². The van der Waals surface area contributed by atoms with Gasteiger partial charge in [-0.1, -0.05) is 49.4 Å². The standard InChI is InChI=1S/C19H21NO2/c1-13-12-16(13)18(14-8-4-3-5-9-14)20-19(21)15-10-6-7-11-17(15)22-2/h3-11,13,16,18H,12H2,1-2H3,(H,20,21). The molecule has 0 spiro atoms. The van der Waals surface area contributed by atoms with Gasteiger partial charge in [0.2, 0.25) is 0 Å². The largest absolute Gasteiger partial charge is 0.496 e. The number of ether oxygens (including phenoxy) is 1. The molecule has 1 amide bonds.